The maximum absolute atomic E-state index is 13.1. The molecule has 756 valence electrons. The van der Waals surface area contributed by atoms with Crippen molar-refractivity contribution in [1.29, 1.82) is 0 Å². The van der Waals surface area contributed by atoms with Gasteiger partial charge in [0.05, 0.1) is 109 Å². The molecule has 2 aliphatic carbocycles. The third-order valence-electron chi connectivity index (χ3n) is 28.7. The van der Waals surface area contributed by atoms with E-state index in [9.17, 15) is 19.2 Å². The molecule has 0 bridgehead atoms. The highest BCUT2D eigenvalue weighted by atomic mass is 16.6. The quantitative estimate of drug-likeness (QED) is 0.0256. The van der Waals surface area contributed by atoms with Crippen molar-refractivity contribution in [2.45, 2.75) is 159 Å². The van der Waals surface area contributed by atoms with Crippen molar-refractivity contribution in [3.63, 3.8) is 0 Å². The van der Waals surface area contributed by atoms with E-state index in [2.05, 4.69) is 174 Å². The number of amides is 4. The molecule has 11 fully saturated rings. The molecule has 9 saturated heterocycles. The molecular weight excluding hydrogens is 1840 g/mol. The summed E-state index contributed by atoms with van der Waals surface area (Å²) in [6.07, 6.45) is 20.0. The summed E-state index contributed by atoms with van der Waals surface area (Å²) in [5, 5.41) is 14.3. The second kappa shape index (κ2) is 44.5. The number of aromatic nitrogens is 18. The van der Waals surface area contributed by atoms with Crippen LogP contribution < -0.4 is 59.8 Å². The molecule has 2 unspecified atom stereocenters. The lowest BCUT2D eigenvalue weighted by Gasteiger charge is -2.37. The number of ether oxygens (including phenoxy) is 12. The van der Waals surface area contributed by atoms with E-state index in [1.807, 2.05) is 57.4 Å². The molecule has 21 heterocycles. The highest BCUT2D eigenvalue weighted by Gasteiger charge is 2.56. The van der Waals surface area contributed by atoms with Crippen molar-refractivity contribution in [3.8, 4) is 24.0 Å². The molecule has 11 aliphatic heterocycles. The van der Waals surface area contributed by atoms with Crippen molar-refractivity contribution in [1.82, 2.24) is 111 Å². The number of pyridine rings is 4. The van der Waals surface area contributed by atoms with E-state index in [4.69, 9.17) is 66.8 Å². The Morgan fingerprint density at radius 2 is 0.818 bits per heavy atom. The number of anilines is 4. The summed E-state index contributed by atoms with van der Waals surface area (Å²) < 4.78 is 65.9. The number of fused-ring (bicyclic) bond motifs is 6. The number of H-pyrrole nitrogens is 2. The van der Waals surface area contributed by atoms with Crippen molar-refractivity contribution < 1.29 is 76.0 Å². The summed E-state index contributed by atoms with van der Waals surface area (Å²) in [6.45, 7) is 22.8. The minimum atomic E-state index is -0.359. The Hall–Kier alpha value is -13.0. The lowest BCUT2D eigenvalue weighted by molar-refractivity contribution is -0.0978. The number of hydrogen-bond acceptors (Lipinski definition) is 38. The molecule has 6 N–H and O–H groups in total. The topological polar surface area (TPSA) is 503 Å². The second-order valence-corrected chi connectivity index (χ2v) is 39.2. The minimum Gasteiger partial charge on any atom is -0.461 e. The van der Waals surface area contributed by atoms with Gasteiger partial charge in [-0.2, -0.15) is 59.8 Å². The fourth-order valence-corrected chi connectivity index (χ4v) is 20.6. The van der Waals surface area contributed by atoms with Gasteiger partial charge in [-0.05, 0) is 156 Å². The van der Waals surface area contributed by atoms with Gasteiger partial charge in [0.15, 0.2) is 0 Å². The lowest BCUT2D eigenvalue weighted by Crippen LogP contribution is -2.49. The largest absolute Gasteiger partial charge is 0.461 e. The van der Waals surface area contributed by atoms with E-state index < -0.39 is 0 Å². The van der Waals surface area contributed by atoms with Gasteiger partial charge >= 0.3 is 24.0 Å². The average molecular weight is 1960 g/mol. The fraction of sp³-hybridized carbons (Fsp3) is 0.576. The molecule has 23 rings (SSSR count). The van der Waals surface area contributed by atoms with Crippen LogP contribution >= 0.6 is 0 Å². The molecule has 0 radical (unpaired) electrons. The zero-order chi connectivity index (χ0) is 98.0. The van der Waals surface area contributed by atoms with Gasteiger partial charge in [-0.1, -0.05) is 6.92 Å². The minimum absolute atomic E-state index is 0.0223. The first-order valence-corrected chi connectivity index (χ1v) is 50.0. The van der Waals surface area contributed by atoms with Crippen LogP contribution in [0.3, 0.4) is 0 Å². The Labute approximate surface area is 826 Å². The molecule has 10 aromatic rings. The zero-order valence-electron chi connectivity index (χ0n) is 81.7. The van der Waals surface area contributed by atoms with Gasteiger partial charge in [-0.3, -0.25) is 39.1 Å². The van der Waals surface area contributed by atoms with E-state index in [0.29, 0.717) is 170 Å². The number of piperidine rings is 4. The van der Waals surface area contributed by atoms with Crippen molar-refractivity contribution in [2.75, 3.05) is 186 Å². The normalized spacial score (nSPS) is 22.8. The van der Waals surface area contributed by atoms with Crippen LogP contribution in [-0.2, 0) is 51.0 Å². The van der Waals surface area contributed by atoms with Crippen LogP contribution in [0.15, 0.2) is 95.7 Å². The highest BCUT2D eigenvalue weighted by Crippen LogP contribution is 2.46. The monoisotopic (exact) mass is 1960 g/mol. The van der Waals surface area contributed by atoms with Gasteiger partial charge in [-0.15, -0.1) is 0 Å². The van der Waals surface area contributed by atoms with Crippen LogP contribution in [0.5, 0.6) is 24.0 Å². The van der Waals surface area contributed by atoms with E-state index in [0.717, 1.165) is 157 Å². The first-order valence-electron chi connectivity index (χ1n) is 50.0. The number of aliphatic imine (C=N–C) groups is 2. The Bertz CT molecular complexity index is 6170. The SMILES string of the molecule is COC[C@@H](C)Oc1nc(C(=O)NC2COC2)nc(N2CCC(c3c[nH]c4ncccc34)CC2)n1.COC[C@@H](C)Oc1nc(C(=O)NC2[C@H]3COC[C@@H]23)nc(N2CCC(C3=NCc4ncccc43)CC2)n1.COC[C@@H](C)Oc1nc(C(=O)NCC2(C)COC2)nc(N2CCC(c3c[nH]c4ncccc34)CC2)n1.O=C(NC1[C@H]2COC[C@@H]12)c1nc(OC[C@H]2CCCO2)nc(N2CCC(C3=NCc4ncccc43)CC2)n1. The molecule has 0 spiro atoms. The summed E-state index contributed by atoms with van der Waals surface area (Å²) in [5.41, 5.74) is 11.1. The summed E-state index contributed by atoms with van der Waals surface area (Å²) in [4.78, 5) is 148. The van der Waals surface area contributed by atoms with Crippen LogP contribution in [0.25, 0.3) is 22.1 Å². The van der Waals surface area contributed by atoms with Crippen LogP contribution in [-0.4, -0.2) is 333 Å². The lowest BCUT2D eigenvalue weighted by atomic mass is 9.88. The number of nitrogens with zero attached hydrogens (tertiary/aromatic N) is 22. The molecule has 44 nitrogen and oxygen atoms in total. The molecule has 4 amide bonds. The van der Waals surface area contributed by atoms with Gasteiger partial charge < -0.3 is 108 Å². The van der Waals surface area contributed by atoms with Crippen LogP contribution in [0.1, 0.15) is 180 Å². The second-order valence-electron chi connectivity index (χ2n) is 39.2. The summed E-state index contributed by atoms with van der Waals surface area (Å²) in [7, 11) is 4.82. The van der Waals surface area contributed by atoms with E-state index in [-0.39, 0.29) is 119 Å². The Morgan fingerprint density at radius 3 is 1.20 bits per heavy atom. The van der Waals surface area contributed by atoms with Crippen molar-refractivity contribution in [3.05, 3.63) is 143 Å². The fourth-order valence-electron chi connectivity index (χ4n) is 20.6. The number of hydrogen-bond donors (Lipinski definition) is 6. The summed E-state index contributed by atoms with van der Waals surface area (Å²) in [5.74, 6) is 3.96. The maximum Gasteiger partial charge on any atom is 0.322 e. The van der Waals surface area contributed by atoms with E-state index in [1.54, 1.807) is 33.7 Å². The molecular formula is C99H124N28O16. The van der Waals surface area contributed by atoms with Crippen LogP contribution in [0.2, 0.25) is 0 Å². The number of carbonyl (C=O) groups is 4. The molecule has 0 aromatic carbocycles. The number of rotatable bonds is 32. The maximum atomic E-state index is 13.1. The molecule has 143 heavy (non-hydrogen) atoms. The third-order valence-corrected chi connectivity index (χ3v) is 28.7. The number of carbonyl (C=O) groups excluding carboxylic acids is 4. The molecule has 44 heteroatoms. The van der Waals surface area contributed by atoms with Crippen molar-refractivity contribution >= 4 is 80.9 Å². The van der Waals surface area contributed by atoms with E-state index in [1.165, 1.54) is 33.0 Å². The number of nitrogens with one attached hydrogen (secondary N) is 6. The Kier molecular flexibility index (Phi) is 30.3. The number of aromatic amines is 2. The summed E-state index contributed by atoms with van der Waals surface area (Å²) >= 11 is 0. The van der Waals surface area contributed by atoms with Gasteiger partial charge in [0.25, 0.3) is 23.6 Å². The van der Waals surface area contributed by atoms with Gasteiger partial charge in [0, 0.05) is 210 Å². The molecule has 10 atom stereocenters. The van der Waals surface area contributed by atoms with E-state index >= 15 is 0 Å². The standard InChI is InChI=1S/C26H31N7O4.C25H31N7O4.C25H33N7O4.C23H29N7O4/c34-24(29-22-18-13-35-14-19(18)22)23-30-25(32-26(31-23)37-12-16-3-2-10-36-16)33-8-5-15(6-9-33)21-17-4-1-7-27-20(17)11-28-21;1-14(11-34-2)36-25-30-22(23(33)28-21-17-12-35-13-18(17)21)29-24(31-25)32-8-5-15(6-9-32)20-16-4-3-7-26-19(16)10-27-20;1-16(12-34-3)36-24-30-21(22(33)28-13-25(2)14-35-15-25)29-23(31-24)32-9-6-17(7-10-32)19-11-27-20-18(19)5-4-8-26-20;1-14(11-32-2)34-23-28-20(21(31)26-16-12-33-13-16)27-22(29-23)30-8-5-15(6-9-30)18-10-25-19-17(18)4-3-7-24-19/h1,4,7,15-16,18-19,22H,2-3,5-6,8-14H2,(H,29,34);3-4,7,14-15,17-18,21H,5-6,8-13H2,1-2H3,(H,28,33);4-5,8,11,16-17H,6-7,9-10,12-15H2,1-3H3,(H,26,27)(H,28,33);3-4,7,10,14-16H,5-6,8-9,11-13H2,1-2H3,(H,24,25)(H,26,31)/t16-,18-,19+,22?;14-,17-,18+,21?;16-;14-/m1111/s1. The number of methoxy groups -OCH3 is 3. The molecule has 2 saturated carbocycles. The molecule has 13 aliphatic rings. The molecule has 10 aromatic heterocycles. The highest BCUT2D eigenvalue weighted by molar-refractivity contribution is 6.06. The van der Waals surface area contributed by atoms with Gasteiger partial charge in [0.1, 0.15) is 36.2 Å². The van der Waals surface area contributed by atoms with Gasteiger partial charge in [-0.25, -0.2) is 9.97 Å². The predicted molar refractivity (Wildman–Crippen MR) is 521 cm³/mol. The average Bonchev–Trinajstić information content (AvgIpc) is 1.60. The van der Waals surface area contributed by atoms with Crippen molar-refractivity contribution in [2.24, 2.45) is 50.9 Å². The van der Waals surface area contributed by atoms with Crippen LogP contribution in [0, 0.1) is 40.9 Å². The smallest absolute Gasteiger partial charge is 0.322 e. The third kappa shape index (κ3) is 23.1. The first-order chi connectivity index (χ1) is 69.9. The Morgan fingerprint density at radius 1 is 0.441 bits per heavy atom. The predicted octanol–water partition coefficient (Wildman–Crippen LogP) is 6.68. The Balaban J connectivity index is 0.000000117. The van der Waals surface area contributed by atoms with Gasteiger partial charge in [0.2, 0.25) is 47.1 Å². The summed E-state index contributed by atoms with van der Waals surface area (Å²) in [6, 6.07) is 17.1. The van der Waals surface area contributed by atoms with Crippen LogP contribution in [0.4, 0.5) is 23.8 Å². The first kappa shape index (κ1) is 97.5. The zero-order valence-corrected chi connectivity index (χ0v) is 81.7.